The summed E-state index contributed by atoms with van der Waals surface area (Å²) in [6.07, 6.45) is -4.07. The van der Waals surface area contributed by atoms with Gasteiger partial charge in [0, 0.05) is 23.9 Å². The third-order valence-electron chi connectivity index (χ3n) is 6.01. The van der Waals surface area contributed by atoms with Gasteiger partial charge in [0.1, 0.15) is 5.75 Å². The van der Waals surface area contributed by atoms with Gasteiger partial charge in [-0.2, -0.15) is 22.0 Å². The van der Waals surface area contributed by atoms with Crippen molar-refractivity contribution in [2.24, 2.45) is 0 Å². The number of rotatable bonds is 13. The highest BCUT2D eigenvalue weighted by molar-refractivity contribution is 5.87. The molecule has 0 bridgehead atoms. The van der Waals surface area contributed by atoms with Gasteiger partial charge in [-0.05, 0) is 91.3 Å². The van der Waals surface area contributed by atoms with Gasteiger partial charge in [0.05, 0.1) is 12.2 Å². The molecule has 3 aromatic carbocycles. The molecule has 0 radical (unpaired) electrons. The molecule has 0 spiro atoms. The number of alkyl halides is 5. The van der Waals surface area contributed by atoms with E-state index in [1.54, 1.807) is 12.1 Å². The van der Waals surface area contributed by atoms with Crippen molar-refractivity contribution < 1.29 is 36.2 Å². The quantitative estimate of drug-likeness (QED) is 0.0743. The lowest BCUT2D eigenvalue weighted by Crippen LogP contribution is -2.21. The predicted molar refractivity (Wildman–Crippen MR) is 145 cm³/mol. The molecule has 10 heteroatoms. The Balaban J connectivity index is 1.43. The van der Waals surface area contributed by atoms with Crippen LogP contribution in [0.2, 0.25) is 0 Å². The molecule has 5 nitrogen and oxygen atoms in total. The van der Waals surface area contributed by atoms with E-state index in [-0.39, 0.29) is 24.3 Å². The fraction of sp³-hybridized carbons (Fsp3) is 0.300. The first-order valence-corrected chi connectivity index (χ1v) is 12.7. The average molecular weight is 563 g/mol. The van der Waals surface area contributed by atoms with Crippen LogP contribution in [0.5, 0.6) is 5.75 Å². The normalized spacial score (nSPS) is 12.0. The summed E-state index contributed by atoms with van der Waals surface area (Å²) in [5, 5.41) is 0. The molecule has 0 fully saturated rings. The Morgan fingerprint density at radius 1 is 0.825 bits per heavy atom. The fourth-order valence-electron chi connectivity index (χ4n) is 3.86. The molecule has 0 saturated heterocycles. The maximum Gasteiger partial charge on any atom is 0.426 e. The molecular formula is C30H31F5N2O3. The van der Waals surface area contributed by atoms with Crippen molar-refractivity contribution in [1.82, 2.24) is 0 Å². The second kappa shape index (κ2) is 13.8. The van der Waals surface area contributed by atoms with E-state index in [9.17, 15) is 26.7 Å². The van der Waals surface area contributed by atoms with Gasteiger partial charge in [0.25, 0.3) is 0 Å². The van der Waals surface area contributed by atoms with Gasteiger partial charge in [-0.1, -0.05) is 30.3 Å². The summed E-state index contributed by atoms with van der Waals surface area (Å²) in [6, 6.07) is 16.3. The average Bonchev–Trinajstić information content (AvgIpc) is 2.89. The second-order valence-electron chi connectivity index (χ2n) is 9.27. The van der Waals surface area contributed by atoms with Crippen molar-refractivity contribution in [3.8, 4) is 5.75 Å². The Morgan fingerprint density at radius 2 is 1.52 bits per heavy atom. The van der Waals surface area contributed by atoms with Gasteiger partial charge >= 0.3 is 18.3 Å². The molecule has 0 aromatic heterocycles. The van der Waals surface area contributed by atoms with E-state index < -0.39 is 24.7 Å². The van der Waals surface area contributed by atoms with Crippen LogP contribution in [0.1, 0.15) is 47.9 Å². The predicted octanol–water partition coefficient (Wildman–Crippen LogP) is 7.44. The number of hydrogen-bond donors (Lipinski definition) is 2. The number of benzene rings is 3. The summed E-state index contributed by atoms with van der Waals surface area (Å²) in [5.74, 6) is -0.621. The number of unbranched alkanes of at least 4 members (excludes halogenated alkanes) is 1. The monoisotopic (exact) mass is 562 g/mol. The van der Waals surface area contributed by atoms with Crippen molar-refractivity contribution in [2.75, 3.05) is 18.1 Å². The maximum absolute atomic E-state index is 14.6. The van der Waals surface area contributed by atoms with E-state index >= 15 is 0 Å². The first-order chi connectivity index (χ1) is 18.9. The Morgan fingerprint density at radius 3 is 2.17 bits per heavy atom. The summed E-state index contributed by atoms with van der Waals surface area (Å²) in [5.41, 5.74) is 14.5. The number of nitrogen functional groups attached to an aromatic ring is 2. The Labute approximate surface area is 229 Å². The lowest BCUT2D eigenvalue weighted by molar-refractivity contribution is -0.185. The van der Waals surface area contributed by atoms with Gasteiger partial charge in [-0.25, -0.2) is 4.79 Å². The highest BCUT2D eigenvalue weighted by Gasteiger charge is 2.34. The highest BCUT2D eigenvalue weighted by atomic mass is 19.4. The van der Waals surface area contributed by atoms with Crippen LogP contribution in [-0.4, -0.2) is 18.8 Å². The van der Waals surface area contributed by atoms with Crippen molar-refractivity contribution in [2.45, 2.75) is 50.8 Å². The Hall–Kier alpha value is -4.08. The van der Waals surface area contributed by atoms with Crippen LogP contribution in [0, 0.1) is 0 Å². The summed E-state index contributed by atoms with van der Waals surface area (Å²) < 4.78 is 76.0. The lowest BCUT2D eigenvalue weighted by Gasteiger charge is -2.18. The summed E-state index contributed by atoms with van der Waals surface area (Å²) in [4.78, 5) is 12.0. The minimum atomic E-state index is -4.20. The minimum Gasteiger partial charge on any atom is -0.463 e. The maximum atomic E-state index is 14.6. The summed E-state index contributed by atoms with van der Waals surface area (Å²) in [6.45, 7) is 0.202. The number of carbonyl (C=O) groups excluding carboxylic acids is 1. The first kappa shape index (κ1) is 30.5. The van der Waals surface area contributed by atoms with E-state index in [1.165, 1.54) is 60.7 Å². The van der Waals surface area contributed by atoms with Crippen molar-refractivity contribution in [3.63, 3.8) is 0 Å². The van der Waals surface area contributed by atoms with Crippen LogP contribution in [0.3, 0.4) is 0 Å². The SMILES string of the molecule is Nc1ccc(CCCOC(=O)/C=C/c2ccc(OC(F)(F)c3ccc(CCCCC(F)(F)F)cc3)cc2)c(N)c1. The van der Waals surface area contributed by atoms with E-state index in [1.807, 2.05) is 6.07 Å². The van der Waals surface area contributed by atoms with Crippen LogP contribution in [0.15, 0.2) is 72.8 Å². The standard InChI is InChI=1S/C30H31F5N2O3/c31-29(32,33)18-2-1-4-21-6-12-24(13-7-21)30(34,35)40-26-15-8-22(9-16-26)10-17-28(38)39-19-3-5-23-11-14-25(36)20-27(23)37/h6-17,20H,1-5,18-19,36-37H2/b17-10+. The van der Waals surface area contributed by atoms with Gasteiger partial charge in [-0.3, -0.25) is 0 Å². The highest BCUT2D eigenvalue weighted by Crippen LogP contribution is 2.32. The zero-order chi connectivity index (χ0) is 29.2. The number of anilines is 2. The van der Waals surface area contributed by atoms with Crippen molar-refractivity contribution >= 4 is 23.4 Å². The number of ether oxygens (including phenoxy) is 2. The topological polar surface area (TPSA) is 87.6 Å². The van der Waals surface area contributed by atoms with Gasteiger partial charge in [0.15, 0.2) is 0 Å². The number of hydrogen-bond acceptors (Lipinski definition) is 5. The molecule has 3 rings (SSSR count). The Bertz CT molecular complexity index is 1270. The summed E-state index contributed by atoms with van der Waals surface area (Å²) in [7, 11) is 0. The molecule has 4 N–H and O–H groups in total. The first-order valence-electron chi connectivity index (χ1n) is 12.7. The number of carbonyl (C=O) groups is 1. The van der Waals surface area contributed by atoms with Crippen LogP contribution in [-0.2, 0) is 28.5 Å². The molecule has 0 unspecified atom stereocenters. The fourth-order valence-corrected chi connectivity index (χ4v) is 3.86. The molecule has 0 aliphatic rings. The molecule has 40 heavy (non-hydrogen) atoms. The molecule has 214 valence electrons. The molecule has 0 amide bonds. The number of aryl methyl sites for hydroxylation is 2. The molecule has 0 aliphatic heterocycles. The van der Waals surface area contributed by atoms with Gasteiger partial charge in [-0.15, -0.1) is 0 Å². The van der Waals surface area contributed by atoms with Crippen molar-refractivity contribution in [1.29, 1.82) is 0 Å². The summed E-state index contributed by atoms with van der Waals surface area (Å²) >= 11 is 0. The molecule has 3 aromatic rings. The number of halogens is 5. The van der Waals surface area contributed by atoms with Crippen LogP contribution in [0.4, 0.5) is 33.3 Å². The van der Waals surface area contributed by atoms with Crippen LogP contribution >= 0.6 is 0 Å². The smallest absolute Gasteiger partial charge is 0.426 e. The van der Waals surface area contributed by atoms with Crippen molar-refractivity contribution in [3.05, 3.63) is 95.1 Å². The third-order valence-corrected chi connectivity index (χ3v) is 6.01. The van der Waals surface area contributed by atoms with Gasteiger partial charge in [0.2, 0.25) is 0 Å². The molecule has 0 saturated carbocycles. The third kappa shape index (κ3) is 10.2. The second-order valence-corrected chi connectivity index (χ2v) is 9.27. The minimum absolute atomic E-state index is 0.0157. The zero-order valence-corrected chi connectivity index (χ0v) is 21.7. The van der Waals surface area contributed by atoms with E-state index in [0.717, 1.165) is 5.56 Å². The molecule has 0 atom stereocenters. The van der Waals surface area contributed by atoms with E-state index in [2.05, 4.69) is 0 Å². The largest absolute Gasteiger partial charge is 0.463 e. The van der Waals surface area contributed by atoms with E-state index in [0.29, 0.717) is 48.2 Å². The van der Waals surface area contributed by atoms with Gasteiger partial charge < -0.3 is 20.9 Å². The zero-order valence-electron chi connectivity index (χ0n) is 21.7. The van der Waals surface area contributed by atoms with E-state index in [4.69, 9.17) is 20.9 Å². The molecule has 0 heterocycles. The number of nitrogens with two attached hydrogens (primary N) is 2. The molecular weight excluding hydrogens is 531 g/mol. The molecule has 0 aliphatic carbocycles. The van der Waals surface area contributed by atoms with Crippen LogP contribution < -0.4 is 16.2 Å². The number of esters is 1. The van der Waals surface area contributed by atoms with Crippen LogP contribution in [0.25, 0.3) is 6.08 Å². The lowest BCUT2D eigenvalue weighted by atomic mass is 10.0. The Kier molecular flexibility index (Phi) is 10.5.